The SMILES string of the molecule is COc1ccc(C(=O)NC(=S)Nc2cc([N+](=O)[O-])cc(Cl)c2[O-])cc1OC. The van der Waals surface area contributed by atoms with Crippen molar-refractivity contribution in [1.29, 1.82) is 0 Å². The fourth-order valence-corrected chi connectivity index (χ4v) is 2.50. The first kappa shape index (κ1) is 20.2. The lowest BCUT2D eigenvalue weighted by atomic mass is 10.2. The van der Waals surface area contributed by atoms with Crippen molar-refractivity contribution < 1.29 is 24.3 Å². The van der Waals surface area contributed by atoms with Crippen LogP contribution in [0.3, 0.4) is 0 Å². The Morgan fingerprint density at radius 2 is 1.85 bits per heavy atom. The second kappa shape index (κ2) is 8.52. The topological polar surface area (TPSA) is 126 Å². The van der Waals surface area contributed by atoms with Gasteiger partial charge in [0.1, 0.15) is 0 Å². The number of rotatable bonds is 5. The molecule has 2 aromatic carbocycles. The third-order valence-corrected chi connectivity index (χ3v) is 3.85. The Labute approximate surface area is 164 Å². The number of carbonyl (C=O) groups is 1. The van der Waals surface area contributed by atoms with Gasteiger partial charge < -0.3 is 19.9 Å². The average molecular weight is 411 g/mol. The van der Waals surface area contributed by atoms with E-state index in [0.717, 1.165) is 12.1 Å². The number of nitro benzene ring substituents is 1. The van der Waals surface area contributed by atoms with Crippen LogP contribution in [-0.2, 0) is 0 Å². The van der Waals surface area contributed by atoms with Gasteiger partial charge in [-0.1, -0.05) is 17.4 Å². The molecule has 0 unspecified atom stereocenters. The number of amides is 1. The predicted octanol–water partition coefficient (Wildman–Crippen LogP) is 2.47. The quantitative estimate of drug-likeness (QED) is 0.437. The number of non-ortho nitro benzene ring substituents is 1. The van der Waals surface area contributed by atoms with Gasteiger partial charge in [-0.05, 0) is 30.4 Å². The van der Waals surface area contributed by atoms with Gasteiger partial charge in [-0.2, -0.15) is 0 Å². The highest BCUT2D eigenvalue weighted by Crippen LogP contribution is 2.34. The van der Waals surface area contributed by atoms with E-state index in [1.807, 2.05) is 0 Å². The molecule has 0 atom stereocenters. The number of ether oxygens (including phenoxy) is 2. The first-order chi connectivity index (χ1) is 12.8. The van der Waals surface area contributed by atoms with Crippen LogP contribution in [0.4, 0.5) is 11.4 Å². The summed E-state index contributed by atoms with van der Waals surface area (Å²) in [7, 11) is 2.88. The van der Waals surface area contributed by atoms with Crippen LogP contribution in [-0.4, -0.2) is 30.2 Å². The molecule has 0 aliphatic heterocycles. The average Bonchev–Trinajstić information content (AvgIpc) is 2.64. The fraction of sp³-hybridized carbons (Fsp3) is 0.125. The standard InChI is InChI=1S/C16H14ClN3O6S/c1-25-12-4-3-8(5-13(12)26-2)15(22)19-16(27)18-11-7-9(20(23)24)6-10(17)14(11)21/h3-7,21H,1-2H3,(H2,18,19,22,27)/p-1. The molecule has 0 saturated heterocycles. The van der Waals surface area contributed by atoms with E-state index in [0.29, 0.717) is 11.5 Å². The molecule has 1 amide bonds. The highest BCUT2D eigenvalue weighted by atomic mass is 35.5. The largest absolute Gasteiger partial charge is 0.870 e. The molecule has 2 rings (SSSR count). The maximum absolute atomic E-state index is 12.3. The summed E-state index contributed by atoms with van der Waals surface area (Å²) in [6, 6.07) is 6.38. The molecule has 2 aromatic rings. The number of halogens is 1. The predicted molar refractivity (Wildman–Crippen MR) is 101 cm³/mol. The number of thiocarbonyl (C=S) groups is 1. The first-order valence-corrected chi connectivity index (χ1v) is 8.04. The summed E-state index contributed by atoms with van der Waals surface area (Å²) in [6.45, 7) is 0. The molecule has 0 saturated carbocycles. The lowest BCUT2D eigenvalue weighted by Crippen LogP contribution is -2.34. The summed E-state index contributed by atoms with van der Waals surface area (Å²) in [4.78, 5) is 22.5. The van der Waals surface area contributed by atoms with Crippen molar-refractivity contribution in [2.24, 2.45) is 0 Å². The van der Waals surface area contributed by atoms with E-state index in [2.05, 4.69) is 10.6 Å². The van der Waals surface area contributed by atoms with Crippen molar-refractivity contribution in [3.63, 3.8) is 0 Å². The molecule has 0 fully saturated rings. The van der Waals surface area contributed by atoms with Crippen molar-refractivity contribution in [1.82, 2.24) is 5.32 Å². The number of hydrogen-bond donors (Lipinski definition) is 2. The Morgan fingerprint density at radius 3 is 2.44 bits per heavy atom. The number of hydrogen-bond acceptors (Lipinski definition) is 7. The number of benzene rings is 2. The normalized spacial score (nSPS) is 10.0. The third-order valence-electron chi connectivity index (χ3n) is 3.36. The number of nitrogens with one attached hydrogen (secondary N) is 2. The van der Waals surface area contributed by atoms with Gasteiger partial charge in [-0.15, -0.1) is 0 Å². The molecule has 0 spiro atoms. The van der Waals surface area contributed by atoms with Crippen LogP contribution in [0.2, 0.25) is 5.02 Å². The number of nitro groups is 1. The fourth-order valence-electron chi connectivity index (χ4n) is 2.08. The zero-order chi connectivity index (χ0) is 20.1. The minimum atomic E-state index is -0.707. The number of nitrogens with zero attached hydrogens (tertiary/aromatic N) is 1. The van der Waals surface area contributed by atoms with Gasteiger partial charge in [0.25, 0.3) is 11.6 Å². The van der Waals surface area contributed by atoms with E-state index in [1.54, 1.807) is 6.07 Å². The summed E-state index contributed by atoms with van der Waals surface area (Å²) in [5.74, 6) is -0.490. The molecule has 0 bridgehead atoms. The zero-order valence-corrected chi connectivity index (χ0v) is 15.6. The molecule has 0 heterocycles. The second-order valence-corrected chi connectivity index (χ2v) is 5.85. The maximum Gasteiger partial charge on any atom is 0.272 e. The molecule has 0 aliphatic carbocycles. The summed E-state index contributed by atoms with van der Waals surface area (Å²) >= 11 is 10.7. The second-order valence-electron chi connectivity index (χ2n) is 5.04. The van der Waals surface area contributed by atoms with Crippen LogP contribution in [0, 0.1) is 10.1 Å². The molecule has 142 valence electrons. The highest BCUT2D eigenvalue weighted by Gasteiger charge is 2.15. The highest BCUT2D eigenvalue weighted by molar-refractivity contribution is 7.80. The molecule has 27 heavy (non-hydrogen) atoms. The van der Waals surface area contributed by atoms with Gasteiger partial charge in [0.05, 0.1) is 19.1 Å². The van der Waals surface area contributed by atoms with Gasteiger partial charge in [-0.3, -0.25) is 20.2 Å². The molecule has 0 aliphatic rings. The van der Waals surface area contributed by atoms with E-state index in [9.17, 15) is 20.0 Å². The molecular weight excluding hydrogens is 398 g/mol. The van der Waals surface area contributed by atoms with Gasteiger partial charge >= 0.3 is 0 Å². The molecule has 0 radical (unpaired) electrons. The van der Waals surface area contributed by atoms with Gasteiger partial charge in [0.15, 0.2) is 16.6 Å². The molecular formula is C16H13ClN3O6S-. The Balaban J connectivity index is 2.16. The summed E-state index contributed by atoms with van der Waals surface area (Å²) < 4.78 is 10.2. The van der Waals surface area contributed by atoms with E-state index in [1.165, 1.54) is 26.4 Å². The third kappa shape index (κ3) is 4.74. The number of carbonyl (C=O) groups excluding carboxylic acids is 1. The van der Waals surface area contributed by atoms with Crippen LogP contribution in [0.1, 0.15) is 10.4 Å². The van der Waals surface area contributed by atoms with E-state index in [4.69, 9.17) is 33.3 Å². The Morgan fingerprint density at radius 1 is 1.19 bits per heavy atom. The van der Waals surface area contributed by atoms with Crippen molar-refractivity contribution in [2.75, 3.05) is 19.5 Å². The van der Waals surface area contributed by atoms with Gasteiger partial charge in [-0.25, -0.2) is 0 Å². The van der Waals surface area contributed by atoms with Crippen LogP contribution >= 0.6 is 23.8 Å². The molecule has 2 N–H and O–H groups in total. The summed E-state index contributed by atoms with van der Waals surface area (Å²) in [5, 5.41) is 27.1. The molecule has 0 aromatic heterocycles. The van der Waals surface area contributed by atoms with Crippen molar-refractivity contribution in [2.45, 2.75) is 0 Å². The van der Waals surface area contributed by atoms with E-state index in [-0.39, 0.29) is 21.4 Å². The van der Waals surface area contributed by atoms with Crippen LogP contribution in [0.15, 0.2) is 30.3 Å². The monoisotopic (exact) mass is 410 g/mol. The van der Waals surface area contributed by atoms with E-state index < -0.39 is 22.3 Å². The Bertz CT molecular complexity index is 921. The van der Waals surface area contributed by atoms with Crippen LogP contribution in [0.5, 0.6) is 17.2 Å². The van der Waals surface area contributed by atoms with E-state index >= 15 is 0 Å². The minimum absolute atomic E-state index is 0.219. The molecule has 9 nitrogen and oxygen atoms in total. The Kier molecular flexibility index (Phi) is 6.37. The smallest absolute Gasteiger partial charge is 0.272 e. The lowest BCUT2D eigenvalue weighted by molar-refractivity contribution is -0.385. The first-order valence-electron chi connectivity index (χ1n) is 7.26. The van der Waals surface area contributed by atoms with Crippen LogP contribution in [0.25, 0.3) is 0 Å². The summed E-state index contributed by atoms with van der Waals surface area (Å²) in [6.07, 6.45) is 0. The minimum Gasteiger partial charge on any atom is -0.870 e. The van der Waals surface area contributed by atoms with Gasteiger partial charge in [0.2, 0.25) is 0 Å². The number of anilines is 1. The van der Waals surface area contributed by atoms with Crippen molar-refractivity contribution >= 4 is 46.2 Å². The maximum atomic E-state index is 12.3. The van der Waals surface area contributed by atoms with Crippen LogP contribution < -0.4 is 25.2 Å². The molecule has 11 heteroatoms. The lowest BCUT2D eigenvalue weighted by Gasteiger charge is -2.17. The Hall–Kier alpha value is -3.11. The van der Waals surface area contributed by atoms with Crippen molar-refractivity contribution in [3.05, 3.63) is 51.0 Å². The summed E-state index contributed by atoms with van der Waals surface area (Å²) in [5.41, 5.74) is -0.404. The number of methoxy groups -OCH3 is 2. The van der Waals surface area contributed by atoms with Crippen molar-refractivity contribution in [3.8, 4) is 17.2 Å². The van der Waals surface area contributed by atoms with Gasteiger partial charge in [0, 0.05) is 28.4 Å². The zero-order valence-electron chi connectivity index (χ0n) is 14.1.